The van der Waals surface area contributed by atoms with E-state index in [2.05, 4.69) is 0 Å². The summed E-state index contributed by atoms with van der Waals surface area (Å²) in [7, 11) is 3.85. The fourth-order valence-electron chi connectivity index (χ4n) is 1.05. The van der Waals surface area contributed by atoms with E-state index in [9.17, 15) is 8.78 Å². The number of rotatable bonds is 6. The van der Waals surface area contributed by atoms with Gasteiger partial charge in [0.1, 0.15) is 4.32 Å². The molecule has 0 radical (unpaired) electrons. The summed E-state index contributed by atoms with van der Waals surface area (Å²) in [6, 6.07) is 0. The van der Waals surface area contributed by atoms with Crippen LogP contribution < -0.4 is 0 Å². The van der Waals surface area contributed by atoms with E-state index in [1.165, 1.54) is 6.92 Å². The minimum absolute atomic E-state index is 0.219. The second-order valence-electron chi connectivity index (χ2n) is 3.86. The van der Waals surface area contributed by atoms with Crippen molar-refractivity contribution in [3.05, 3.63) is 11.7 Å². The molecule has 0 aliphatic heterocycles. The molecule has 0 rings (SSSR count). The number of hydrogen-bond donors (Lipinski definition) is 0. The first kappa shape index (κ1) is 15.8. The van der Waals surface area contributed by atoms with Gasteiger partial charge in [0.15, 0.2) is 0 Å². The first-order valence-corrected chi connectivity index (χ1v) is 6.69. The summed E-state index contributed by atoms with van der Waals surface area (Å²) >= 11 is 6.76. The summed E-state index contributed by atoms with van der Waals surface area (Å²) in [4.78, 5) is 1.91. The van der Waals surface area contributed by atoms with Gasteiger partial charge >= 0.3 is 0 Å². The van der Waals surface area contributed by atoms with Crippen LogP contribution in [0.1, 0.15) is 32.6 Å². The average Bonchev–Trinajstić information content (AvgIpc) is 2.21. The van der Waals surface area contributed by atoms with Crippen molar-refractivity contribution in [2.45, 2.75) is 32.6 Å². The fraction of sp³-hybridized carbons (Fsp3) is 0.727. The van der Waals surface area contributed by atoms with Gasteiger partial charge < -0.3 is 4.90 Å². The summed E-state index contributed by atoms with van der Waals surface area (Å²) in [5.74, 6) is 0.970. The van der Waals surface area contributed by atoms with Crippen molar-refractivity contribution in [3.8, 4) is 0 Å². The normalized spacial score (nSPS) is 10.1. The number of hydrogen-bond acceptors (Lipinski definition) is 2. The third kappa shape index (κ3) is 8.05. The number of unbranched alkanes of at least 4 members (excludes halogenated alkanes) is 2. The summed E-state index contributed by atoms with van der Waals surface area (Å²) in [5.41, 5.74) is 0.219. The van der Waals surface area contributed by atoms with Crippen molar-refractivity contribution in [1.29, 1.82) is 0 Å². The zero-order valence-corrected chi connectivity index (χ0v) is 11.7. The lowest BCUT2D eigenvalue weighted by molar-refractivity contribution is 0.406. The maximum absolute atomic E-state index is 12.1. The Bertz CT molecular complexity index is 248. The Labute approximate surface area is 106 Å². The highest BCUT2D eigenvalue weighted by molar-refractivity contribution is 8.22. The molecule has 0 heterocycles. The molecule has 0 N–H and O–H groups in total. The van der Waals surface area contributed by atoms with Crippen LogP contribution in [-0.2, 0) is 0 Å². The van der Waals surface area contributed by atoms with Gasteiger partial charge in [0.2, 0.25) is 0 Å². The van der Waals surface area contributed by atoms with Crippen LogP contribution in [0.25, 0.3) is 0 Å². The van der Waals surface area contributed by atoms with E-state index in [0.717, 1.165) is 29.3 Å². The number of thiocarbonyl (C=S) groups is 1. The van der Waals surface area contributed by atoms with Gasteiger partial charge in [0.25, 0.3) is 6.08 Å². The Hall–Kier alpha value is -0.160. The molecule has 0 fully saturated rings. The van der Waals surface area contributed by atoms with Crippen molar-refractivity contribution < 1.29 is 8.78 Å². The van der Waals surface area contributed by atoms with E-state index < -0.39 is 6.08 Å². The molecule has 0 aliphatic rings. The number of allylic oxidation sites excluding steroid dienone is 1. The number of thioether (sulfide) groups is 1. The van der Waals surface area contributed by atoms with Crippen LogP contribution in [0.4, 0.5) is 8.78 Å². The lowest BCUT2D eigenvalue weighted by atomic mass is 10.1. The Kier molecular flexibility index (Phi) is 8.84. The summed E-state index contributed by atoms with van der Waals surface area (Å²) in [5, 5.41) is 0. The maximum Gasteiger partial charge on any atom is 0.269 e. The summed E-state index contributed by atoms with van der Waals surface area (Å²) in [6.07, 6.45) is 1.82. The number of nitrogens with zero attached hydrogens (tertiary/aromatic N) is 1. The topological polar surface area (TPSA) is 3.24 Å². The van der Waals surface area contributed by atoms with Crippen LogP contribution in [-0.4, -0.2) is 29.1 Å². The van der Waals surface area contributed by atoms with Crippen LogP contribution >= 0.6 is 24.0 Å². The molecule has 0 saturated carbocycles. The van der Waals surface area contributed by atoms with Crippen LogP contribution in [0.3, 0.4) is 0 Å². The van der Waals surface area contributed by atoms with Gasteiger partial charge in [-0.1, -0.05) is 30.4 Å². The first-order valence-electron chi connectivity index (χ1n) is 5.30. The average molecular weight is 267 g/mol. The first-order chi connectivity index (χ1) is 7.45. The van der Waals surface area contributed by atoms with E-state index >= 15 is 0 Å². The van der Waals surface area contributed by atoms with E-state index in [1.54, 1.807) is 11.8 Å². The second kappa shape index (κ2) is 8.93. The van der Waals surface area contributed by atoms with Gasteiger partial charge in [-0.2, -0.15) is 8.78 Å². The van der Waals surface area contributed by atoms with E-state index in [-0.39, 0.29) is 5.57 Å². The summed E-state index contributed by atoms with van der Waals surface area (Å²) in [6.45, 7) is 1.49. The Morgan fingerprint density at radius 1 is 1.19 bits per heavy atom. The lowest BCUT2D eigenvalue weighted by Gasteiger charge is -2.12. The molecule has 5 heteroatoms. The third-order valence-corrected chi connectivity index (χ3v) is 3.93. The van der Waals surface area contributed by atoms with Crippen molar-refractivity contribution in [2.75, 3.05) is 19.8 Å². The van der Waals surface area contributed by atoms with Crippen LogP contribution in [0.5, 0.6) is 0 Å². The van der Waals surface area contributed by atoms with Gasteiger partial charge in [0.05, 0.1) is 0 Å². The zero-order valence-electron chi connectivity index (χ0n) is 10.1. The lowest BCUT2D eigenvalue weighted by Crippen LogP contribution is -2.16. The fourth-order valence-corrected chi connectivity index (χ4v) is 2.08. The van der Waals surface area contributed by atoms with Gasteiger partial charge in [-0.3, -0.25) is 0 Å². The van der Waals surface area contributed by atoms with Crippen molar-refractivity contribution in [3.63, 3.8) is 0 Å². The molecule has 94 valence electrons. The Balaban J connectivity index is 3.42. The molecule has 0 aromatic carbocycles. The molecule has 16 heavy (non-hydrogen) atoms. The molecule has 0 spiro atoms. The second-order valence-corrected chi connectivity index (χ2v) is 5.59. The quantitative estimate of drug-likeness (QED) is 0.522. The molecule has 0 aromatic rings. The predicted octanol–water partition coefficient (Wildman–Crippen LogP) is 4.30. The molecular weight excluding hydrogens is 248 g/mol. The molecule has 0 atom stereocenters. The van der Waals surface area contributed by atoms with Crippen LogP contribution in [0.15, 0.2) is 11.7 Å². The van der Waals surface area contributed by atoms with Crippen LogP contribution in [0.2, 0.25) is 0 Å². The molecule has 0 saturated heterocycles. The third-order valence-electron chi connectivity index (χ3n) is 2.11. The van der Waals surface area contributed by atoms with Crippen molar-refractivity contribution in [2.24, 2.45) is 0 Å². The predicted molar refractivity (Wildman–Crippen MR) is 72.1 cm³/mol. The SMILES string of the molecule is CC(CCCCCSC(=S)N(C)C)=C(F)F. The minimum Gasteiger partial charge on any atom is -0.364 e. The molecule has 1 nitrogen and oxygen atoms in total. The monoisotopic (exact) mass is 267 g/mol. The molecule has 0 aromatic heterocycles. The van der Waals surface area contributed by atoms with E-state index in [1.807, 2.05) is 19.0 Å². The smallest absolute Gasteiger partial charge is 0.269 e. The van der Waals surface area contributed by atoms with Gasteiger partial charge in [-0.25, -0.2) is 0 Å². The molecule has 0 amide bonds. The maximum atomic E-state index is 12.1. The Morgan fingerprint density at radius 2 is 1.81 bits per heavy atom. The largest absolute Gasteiger partial charge is 0.364 e. The van der Waals surface area contributed by atoms with Crippen molar-refractivity contribution in [1.82, 2.24) is 4.90 Å². The molecule has 0 unspecified atom stereocenters. The van der Waals surface area contributed by atoms with Crippen molar-refractivity contribution >= 4 is 28.3 Å². The Morgan fingerprint density at radius 3 is 2.31 bits per heavy atom. The molecule has 0 bridgehead atoms. The summed E-state index contributed by atoms with van der Waals surface area (Å²) < 4.78 is 25.0. The highest BCUT2D eigenvalue weighted by atomic mass is 32.2. The van der Waals surface area contributed by atoms with E-state index in [4.69, 9.17) is 12.2 Å². The highest BCUT2D eigenvalue weighted by Crippen LogP contribution is 2.16. The van der Waals surface area contributed by atoms with Crippen LogP contribution in [0, 0.1) is 0 Å². The highest BCUT2D eigenvalue weighted by Gasteiger charge is 2.01. The van der Waals surface area contributed by atoms with E-state index in [0.29, 0.717) is 6.42 Å². The van der Waals surface area contributed by atoms with Gasteiger partial charge in [-0.15, -0.1) is 0 Å². The molecular formula is C11H19F2NS2. The van der Waals surface area contributed by atoms with Gasteiger partial charge in [0, 0.05) is 19.8 Å². The minimum atomic E-state index is -1.52. The number of halogens is 2. The van der Waals surface area contributed by atoms with Gasteiger partial charge in [-0.05, 0) is 31.8 Å². The standard InChI is InChI=1S/C11H19F2NS2/c1-9(10(12)13)7-5-4-6-8-16-11(15)14(2)3/h4-8H2,1-3H3. The zero-order chi connectivity index (χ0) is 12.6. The molecule has 0 aliphatic carbocycles.